The molecular formula is C20H22BrN5O4. The normalized spacial score (nSPS) is 14.7. The second kappa shape index (κ2) is 9.41. The van der Waals surface area contributed by atoms with Gasteiger partial charge in [0.25, 0.3) is 0 Å². The molecule has 1 aromatic carbocycles. The predicted octanol–water partition coefficient (Wildman–Crippen LogP) is 3.49. The summed E-state index contributed by atoms with van der Waals surface area (Å²) in [5, 5.41) is 14.2. The lowest BCUT2D eigenvalue weighted by Gasteiger charge is -2.27. The lowest BCUT2D eigenvalue weighted by Crippen LogP contribution is -2.39. The Hall–Kier alpha value is -2.69. The van der Waals surface area contributed by atoms with E-state index in [-0.39, 0.29) is 0 Å². The zero-order chi connectivity index (χ0) is 20.9. The molecule has 3 aromatic rings. The summed E-state index contributed by atoms with van der Waals surface area (Å²) in [5.41, 5.74) is 0.484. The van der Waals surface area contributed by atoms with Crippen LogP contribution in [0.5, 0.6) is 11.6 Å². The monoisotopic (exact) mass is 475 g/mol. The van der Waals surface area contributed by atoms with Crippen molar-refractivity contribution in [2.45, 2.75) is 6.42 Å². The van der Waals surface area contributed by atoms with Crippen LogP contribution in [-0.2, 0) is 4.74 Å². The Bertz CT molecular complexity index is 1010. The van der Waals surface area contributed by atoms with Gasteiger partial charge in [-0.15, -0.1) is 0 Å². The molecular weight excluding hydrogens is 454 g/mol. The van der Waals surface area contributed by atoms with Crippen LogP contribution in [0.4, 0.5) is 10.6 Å². The quantitative estimate of drug-likeness (QED) is 0.558. The van der Waals surface area contributed by atoms with Crippen LogP contribution in [0.3, 0.4) is 0 Å². The molecule has 0 unspecified atom stereocenters. The van der Waals surface area contributed by atoms with Crippen LogP contribution in [-0.4, -0.2) is 70.1 Å². The Morgan fingerprint density at radius 1 is 1.27 bits per heavy atom. The number of para-hydroxylation sites is 1. The molecule has 9 nitrogen and oxygen atoms in total. The van der Waals surface area contributed by atoms with Crippen molar-refractivity contribution < 1.29 is 19.4 Å². The fourth-order valence-corrected chi connectivity index (χ4v) is 3.69. The Morgan fingerprint density at radius 3 is 2.77 bits per heavy atom. The summed E-state index contributed by atoms with van der Waals surface area (Å²) >= 11 is 3.43. The summed E-state index contributed by atoms with van der Waals surface area (Å²) in [6.45, 7) is 4.30. The van der Waals surface area contributed by atoms with Crippen LogP contribution >= 0.6 is 15.9 Å². The molecule has 4 rings (SSSR count). The fraction of sp³-hybridized carbons (Fsp3) is 0.350. The number of carboxylic acid groups (broad SMARTS) is 1. The minimum atomic E-state index is -1.05. The van der Waals surface area contributed by atoms with Crippen molar-refractivity contribution in [3.05, 3.63) is 47.1 Å². The first kappa shape index (κ1) is 20.6. The lowest BCUT2D eigenvalue weighted by molar-refractivity contribution is 0.0376. The van der Waals surface area contributed by atoms with Crippen LogP contribution in [0.1, 0.15) is 6.42 Å². The number of benzene rings is 1. The van der Waals surface area contributed by atoms with E-state index in [1.807, 2.05) is 30.3 Å². The van der Waals surface area contributed by atoms with Gasteiger partial charge in [0.2, 0.25) is 5.88 Å². The largest absolute Gasteiger partial charge is 0.465 e. The van der Waals surface area contributed by atoms with E-state index in [4.69, 9.17) is 9.47 Å². The van der Waals surface area contributed by atoms with Gasteiger partial charge < -0.3 is 14.6 Å². The molecule has 10 heteroatoms. The van der Waals surface area contributed by atoms with Crippen LogP contribution in [0.25, 0.3) is 5.65 Å². The highest BCUT2D eigenvalue weighted by Crippen LogP contribution is 2.28. The molecule has 1 saturated heterocycles. The molecule has 1 amide bonds. The topological polar surface area (TPSA) is 92.4 Å². The molecule has 1 N–H and O–H groups in total. The van der Waals surface area contributed by atoms with Gasteiger partial charge in [0.15, 0.2) is 5.65 Å². The Morgan fingerprint density at radius 2 is 2.03 bits per heavy atom. The van der Waals surface area contributed by atoms with Crippen LogP contribution < -0.4 is 9.64 Å². The van der Waals surface area contributed by atoms with E-state index in [0.717, 1.165) is 32.8 Å². The molecule has 1 aliphatic heterocycles. The molecule has 2 aromatic heterocycles. The number of ether oxygens (including phenoxy) is 2. The van der Waals surface area contributed by atoms with E-state index < -0.39 is 6.09 Å². The van der Waals surface area contributed by atoms with E-state index in [0.29, 0.717) is 40.5 Å². The number of hydrogen-bond acceptors (Lipinski definition) is 6. The average Bonchev–Trinajstić information content (AvgIpc) is 3.13. The zero-order valence-electron chi connectivity index (χ0n) is 16.3. The molecule has 0 atom stereocenters. The van der Waals surface area contributed by atoms with Gasteiger partial charge in [-0.2, -0.15) is 14.6 Å². The first-order chi connectivity index (χ1) is 14.6. The third-order valence-electron chi connectivity index (χ3n) is 4.82. The fourth-order valence-electron chi connectivity index (χ4n) is 3.34. The van der Waals surface area contributed by atoms with E-state index in [1.165, 1.54) is 9.42 Å². The van der Waals surface area contributed by atoms with Crippen molar-refractivity contribution in [1.82, 2.24) is 19.5 Å². The van der Waals surface area contributed by atoms with Gasteiger partial charge in [-0.05, 0) is 34.5 Å². The molecule has 0 spiro atoms. The highest BCUT2D eigenvalue weighted by atomic mass is 79.9. The van der Waals surface area contributed by atoms with Gasteiger partial charge in [0.05, 0.1) is 23.9 Å². The number of fused-ring (bicyclic) bond motifs is 1. The van der Waals surface area contributed by atoms with Gasteiger partial charge in [-0.1, -0.05) is 18.2 Å². The Balaban J connectivity index is 1.59. The predicted molar refractivity (Wildman–Crippen MR) is 114 cm³/mol. The van der Waals surface area contributed by atoms with Crippen molar-refractivity contribution in [1.29, 1.82) is 0 Å². The summed E-state index contributed by atoms with van der Waals surface area (Å²) in [5.74, 6) is 1.29. The van der Waals surface area contributed by atoms with Gasteiger partial charge in [-0.25, -0.2) is 4.79 Å². The van der Waals surface area contributed by atoms with Crippen molar-refractivity contribution in [3.8, 4) is 11.6 Å². The van der Waals surface area contributed by atoms with Crippen molar-refractivity contribution in [2.75, 3.05) is 44.3 Å². The smallest absolute Gasteiger partial charge is 0.413 e. The molecule has 3 heterocycles. The van der Waals surface area contributed by atoms with E-state index in [2.05, 4.69) is 30.9 Å². The maximum absolute atomic E-state index is 12.1. The summed E-state index contributed by atoms with van der Waals surface area (Å²) in [4.78, 5) is 20.1. The number of halogens is 1. The molecule has 0 radical (unpaired) electrons. The summed E-state index contributed by atoms with van der Waals surface area (Å²) in [7, 11) is 0. The number of anilines is 1. The Labute approximate surface area is 181 Å². The molecule has 1 aliphatic rings. The SMILES string of the molecule is O=C(O)N(CCCN1CCOCC1)c1cc(Oc2ccccc2)nc2c(Br)cnn12. The third kappa shape index (κ3) is 4.72. The first-order valence-electron chi connectivity index (χ1n) is 9.69. The van der Waals surface area contributed by atoms with Gasteiger partial charge in [0.1, 0.15) is 11.6 Å². The minimum Gasteiger partial charge on any atom is -0.465 e. The molecule has 30 heavy (non-hydrogen) atoms. The maximum atomic E-state index is 12.1. The zero-order valence-corrected chi connectivity index (χ0v) is 17.9. The van der Waals surface area contributed by atoms with Crippen molar-refractivity contribution in [3.63, 3.8) is 0 Å². The van der Waals surface area contributed by atoms with Gasteiger partial charge >= 0.3 is 6.09 Å². The van der Waals surface area contributed by atoms with Crippen molar-refractivity contribution in [2.24, 2.45) is 0 Å². The number of nitrogens with zero attached hydrogens (tertiary/aromatic N) is 5. The average molecular weight is 476 g/mol. The third-order valence-corrected chi connectivity index (χ3v) is 5.38. The number of hydrogen-bond donors (Lipinski definition) is 1. The van der Waals surface area contributed by atoms with Gasteiger partial charge in [-0.3, -0.25) is 9.80 Å². The second-order valence-corrected chi connectivity index (χ2v) is 7.69. The number of carbonyl (C=O) groups is 1. The molecule has 1 fully saturated rings. The van der Waals surface area contributed by atoms with Crippen LogP contribution in [0.2, 0.25) is 0 Å². The Kier molecular flexibility index (Phi) is 6.46. The lowest BCUT2D eigenvalue weighted by atomic mass is 10.3. The molecule has 0 aliphatic carbocycles. The standard InChI is InChI=1S/C20H22BrN5O4/c21-16-14-22-26-18(13-17(23-19(16)26)30-15-5-2-1-3-6-15)25(20(27)28)8-4-7-24-9-11-29-12-10-24/h1-3,5-6,13-14H,4,7-12H2,(H,27,28). The number of morpholine rings is 1. The highest BCUT2D eigenvalue weighted by molar-refractivity contribution is 9.10. The van der Waals surface area contributed by atoms with Gasteiger partial charge in [0, 0.05) is 32.2 Å². The first-order valence-corrected chi connectivity index (χ1v) is 10.5. The summed E-state index contributed by atoms with van der Waals surface area (Å²) in [6.07, 6.45) is 1.22. The summed E-state index contributed by atoms with van der Waals surface area (Å²) < 4.78 is 13.4. The maximum Gasteiger partial charge on any atom is 0.413 e. The second-order valence-electron chi connectivity index (χ2n) is 6.84. The number of amides is 1. The molecule has 0 saturated carbocycles. The molecule has 158 valence electrons. The van der Waals surface area contributed by atoms with Crippen LogP contribution in [0.15, 0.2) is 47.1 Å². The van der Waals surface area contributed by atoms with E-state index in [1.54, 1.807) is 12.3 Å². The summed E-state index contributed by atoms with van der Waals surface area (Å²) in [6, 6.07) is 10.8. The van der Waals surface area contributed by atoms with Crippen molar-refractivity contribution >= 4 is 33.5 Å². The molecule has 0 bridgehead atoms. The van der Waals surface area contributed by atoms with E-state index >= 15 is 0 Å². The highest BCUT2D eigenvalue weighted by Gasteiger charge is 2.22. The minimum absolute atomic E-state index is 0.296. The van der Waals surface area contributed by atoms with Crippen LogP contribution in [0, 0.1) is 0 Å². The number of aromatic nitrogens is 3. The van der Waals surface area contributed by atoms with E-state index in [9.17, 15) is 9.90 Å². The number of rotatable bonds is 7.